The van der Waals surface area contributed by atoms with Crippen molar-refractivity contribution in [3.05, 3.63) is 35.4 Å². The molecular formula is C13H19NO2. The van der Waals surface area contributed by atoms with Crippen LogP contribution >= 0.6 is 0 Å². The lowest BCUT2D eigenvalue weighted by molar-refractivity contribution is -0.157. The molecule has 3 heteroatoms. The first-order valence-electron chi connectivity index (χ1n) is 5.71. The van der Waals surface area contributed by atoms with Crippen molar-refractivity contribution in [3.63, 3.8) is 0 Å². The van der Waals surface area contributed by atoms with E-state index in [0.29, 0.717) is 13.2 Å². The predicted octanol–water partition coefficient (Wildman–Crippen LogP) is 2.15. The summed E-state index contributed by atoms with van der Waals surface area (Å²) in [5.41, 5.74) is 7.97. The highest BCUT2D eigenvalue weighted by Gasteiger charge is 2.37. The fourth-order valence-corrected chi connectivity index (χ4v) is 2.05. The molecule has 2 rings (SSSR count). The molecule has 0 aliphatic carbocycles. The average Bonchev–Trinajstić information content (AvgIpc) is 2.61. The fourth-order valence-electron chi connectivity index (χ4n) is 2.05. The Morgan fingerprint density at radius 2 is 2.31 bits per heavy atom. The molecule has 2 atom stereocenters. The van der Waals surface area contributed by atoms with Crippen LogP contribution in [0.3, 0.4) is 0 Å². The second-order valence-corrected chi connectivity index (χ2v) is 4.50. The molecule has 2 N–H and O–H groups in total. The summed E-state index contributed by atoms with van der Waals surface area (Å²) in [5, 5.41) is 0. The average molecular weight is 221 g/mol. The van der Waals surface area contributed by atoms with Gasteiger partial charge in [-0.25, -0.2) is 0 Å². The van der Waals surface area contributed by atoms with E-state index in [1.54, 1.807) is 0 Å². The highest BCUT2D eigenvalue weighted by atomic mass is 16.7. The van der Waals surface area contributed by atoms with Crippen molar-refractivity contribution in [3.8, 4) is 0 Å². The van der Waals surface area contributed by atoms with Crippen LogP contribution in [0.1, 0.15) is 30.6 Å². The SMILES string of the molecule is Cc1cccc(C2COC(C)(CCN)O2)c1. The van der Waals surface area contributed by atoms with Gasteiger partial charge in [-0.15, -0.1) is 0 Å². The third-order valence-electron chi connectivity index (χ3n) is 2.94. The molecule has 1 aliphatic heterocycles. The zero-order valence-corrected chi connectivity index (χ0v) is 9.90. The Kier molecular flexibility index (Phi) is 3.28. The molecule has 0 saturated carbocycles. The molecule has 1 aliphatic rings. The Morgan fingerprint density at radius 1 is 1.50 bits per heavy atom. The van der Waals surface area contributed by atoms with Gasteiger partial charge in [-0.1, -0.05) is 29.8 Å². The molecule has 0 spiro atoms. The zero-order chi connectivity index (χ0) is 11.6. The summed E-state index contributed by atoms with van der Waals surface area (Å²) < 4.78 is 11.6. The van der Waals surface area contributed by atoms with E-state index in [9.17, 15) is 0 Å². The van der Waals surface area contributed by atoms with E-state index in [1.165, 1.54) is 11.1 Å². The lowest BCUT2D eigenvalue weighted by Gasteiger charge is -2.22. The second-order valence-electron chi connectivity index (χ2n) is 4.50. The van der Waals surface area contributed by atoms with Crippen LogP contribution in [0.2, 0.25) is 0 Å². The van der Waals surface area contributed by atoms with E-state index >= 15 is 0 Å². The quantitative estimate of drug-likeness (QED) is 0.850. The monoisotopic (exact) mass is 221 g/mol. The predicted molar refractivity (Wildman–Crippen MR) is 63.0 cm³/mol. The van der Waals surface area contributed by atoms with E-state index < -0.39 is 5.79 Å². The third kappa shape index (κ3) is 2.43. The molecule has 0 radical (unpaired) electrons. The topological polar surface area (TPSA) is 44.5 Å². The second kappa shape index (κ2) is 4.53. The van der Waals surface area contributed by atoms with Crippen molar-refractivity contribution in [2.75, 3.05) is 13.2 Å². The van der Waals surface area contributed by atoms with Crippen molar-refractivity contribution in [1.29, 1.82) is 0 Å². The Hall–Kier alpha value is -0.900. The highest BCUT2D eigenvalue weighted by Crippen LogP contribution is 2.35. The van der Waals surface area contributed by atoms with Crippen molar-refractivity contribution >= 4 is 0 Å². The van der Waals surface area contributed by atoms with Crippen LogP contribution in [0.25, 0.3) is 0 Å². The van der Waals surface area contributed by atoms with Crippen LogP contribution in [-0.2, 0) is 9.47 Å². The maximum Gasteiger partial charge on any atom is 0.167 e. The number of hydrogen-bond acceptors (Lipinski definition) is 3. The molecule has 1 aromatic carbocycles. The molecule has 1 saturated heterocycles. The van der Waals surface area contributed by atoms with Gasteiger partial charge in [0.05, 0.1) is 6.61 Å². The number of nitrogens with two attached hydrogens (primary N) is 1. The van der Waals surface area contributed by atoms with E-state index in [0.717, 1.165) is 6.42 Å². The molecule has 0 amide bonds. The summed E-state index contributed by atoms with van der Waals surface area (Å²) in [5.74, 6) is -0.511. The summed E-state index contributed by atoms with van der Waals surface area (Å²) in [7, 11) is 0. The van der Waals surface area contributed by atoms with Crippen molar-refractivity contribution < 1.29 is 9.47 Å². The van der Waals surface area contributed by atoms with E-state index in [4.69, 9.17) is 15.2 Å². The Morgan fingerprint density at radius 3 is 3.00 bits per heavy atom. The van der Waals surface area contributed by atoms with Crippen LogP contribution in [0.5, 0.6) is 0 Å². The van der Waals surface area contributed by atoms with Gasteiger partial charge >= 0.3 is 0 Å². The number of rotatable bonds is 3. The molecule has 0 aromatic heterocycles. The summed E-state index contributed by atoms with van der Waals surface area (Å²) in [6, 6.07) is 8.35. The molecule has 1 heterocycles. The van der Waals surface area contributed by atoms with E-state index in [2.05, 4.69) is 25.1 Å². The third-order valence-corrected chi connectivity index (χ3v) is 2.94. The summed E-state index contributed by atoms with van der Waals surface area (Å²) in [4.78, 5) is 0. The molecule has 3 nitrogen and oxygen atoms in total. The van der Waals surface area contributed by atoms with Crippen LogP contribution in [0, 0.1) is 6.92 Å². The first-order chi connectivity index (χ1) is 7.63. The molecular weight excluding hydrogens is 202 g/mol. The standard InChI is InChI=1S/C13H19NO2/c1-10-4-3-5-11(8-10)12-9-15-13(2,16-12)6-7-14/h3-5,8,12H,6-7,9,14H2,1-2H3. The lowest BCUT2D eigenvalue weighted by atomic mass is 10.1. The van der Waals surface area contributed by atoms with E-state index in [1.807, 2.05) is 13.0 Å². The van der Waals surface area contributed by atoms with Crippen LogP contribution < -0.4 is 5.73 Å². The van der Waals surface area contributed by atoms with Crippen LogP contribution in [0.15, 0.2) is 24.3 Å². The van der Waals surface area contributed by atoms with Gasteiger partial charge in [0, 0.05) is 6.42 Å². The number of aryl methyl sites for hydroxylation is 1. The minimum absolute atomic E-state index is 0.0384. The summed E-state index contributed by atoms with van der Waals surface area (Å²) >= 11 is 0. The first kappa shape index (κ1) is 11.6. The fraction of sp³-hybridized carbons (Fsp3) is 0.538. The van der Waals surface area contributed by atoms with Crippen molar-refractivity contribution in [2.24, 2.45) is 5.73 Å². The highest BCUT2D eigenvalue weighted by molar-refractivity contribution is 5.24. The number of ether oxygens (including phenoxy) is 2. The molecule has 1 fully saturated rings. The van der Waals surface area contributed by atoms with Gasteiger partial charge in [0.15, 0.2) is 5.79 Å². The molecule has 0 bridgehead atoms. The van der Waals surface area contributed by atoms with Gasteiger partial charge in [-0.2, -0.15) is 0 Å². The maximum atomic E-state index is 5.93. The molecule has 88 valence electrons. The smallest absolute Gasteiger partial charge is 0.167 e. The van der Waals surface area contributed by atoms with Gasteiger partial charge in [0.1, 0.15) is 6.10 Å². The minimum Gasteiger partial charge on any atom is -0.347 e. The van der Waals surface area contributed by atoms with Crippen molar-refractivity contribution in [2.45, 2.75) is 32.2 Å². The minimum atomic E-state index is -0.511. The normalized spacial score (nSPS) is 29.6. The van der Waals surface area contributed by atoms with Gasteiger partial charge < -0.3 is 15.2 Å². The lowest BCUT2D eigenvalue weighted by Crippen LogP contribution is -2.28. The molecule has 1 aromatic rings. The van der Waals surface area contributed by atoms with Gasteiger partial charge in [0.25, 0.3) is 0 Å². The number of hydrogen-bond donors (Lipinski definition) is 1. The Balaban J connectivity index is 2.09. The summed E-state index contributed by atoms with van der Waals surface area (Å²) in [6.45, 7) is 5.23. The summed E-state index contributed by atoms with van der Waals surface area (Å²) in [6.07, 6.45) is 0.770. The Labute approximate surface area is 96.5 Å². The number of benzene rings is 1. The zero-order valence-electron chi connectivity index (χ0n) is 9.90. The van der Waals surface area contributed by atoms with Crippen LogP contribution in [-0.4, -0.2) is 18.9 Å². The Bertz CT molecular complexity index is 367. The molecule has 16 heavy (non-hydrogen) atoms. The maximum absolute atomic E-state index is 5.93. The van der Waals surface area contributed by atoms with E-state index in [-0.39, 0.29) is 6.10 Å². The first-order valence-corrected chi connectivity index (χ1v) is 5.71. The van der Waals surface area contributed by atoms with Gasteiger partial charge in [-0.05, 0) is 26.0 Å². The molecule has 2 unspecified atom stereocenters. The van der Waals surface area contributed by atoms with Crippen molar-refractivity contribution in [1.82, 2.24) is 0 Å². The van der Waals surface area contributed by atoms with Gasteiger partial charge in [0.2, 0.25) is 0 Å². The largest absolute Gasteiger partial charge is 0.347 e. The van der Waals surface area contributed by atoms with Crippen LogP contribution in [0.4, 0.5) is 0 Å². The van der Waals surface area contributed by atoms with Gasteiger partial charge in [-0.3, -0.25) is 0 Å².